The second-order valence-electron chi connectivity index (χ2n) is 8.87. The molecule has 8 heteroatoms. The molecule has 4 heterocycles. The molecule has 32 heavy (non-hydrogen) atoms. The molecule has 0 bridgehead atoms. The van der Waals surface area contributed by atoms with Crippen molar-refractivity contribution in [1.82, 2.24) is 30.3 Å². The van der Waals surface area contributed by atoms with E-state index in [2.05, 4.69) is 43.3 Å². The van der Waals surface area contributed by atoms with Crippen LogP contribution in [-0.4, -0.2) is 58.3 Å². The molecular formula is C24H39N7O. The SMILES string of the molecule is CCNC(=NCC(c1ccco1)N1CCCCC1)NCCCc1nnc2n1CCCCC2. The fraction of sp³-hybridized carbons (Fsp3) is 0.708. The number of rotatable bonds is 9. The zero-order chi connectivity index (χ0) is 22.0. The number of hydrogen-bond donors (Lipinski definition) is 2. The Morgan fingerprint density at radius 2 is 1.94 bits per heavy atom. The summed E-state index contributed by atoms with van der Waals surface area (Å²) in [6.45, 7) is 7.82. The molecule has 2 aromatic heterocycles. The minimum Gasteiger partial charge on any atom is -0.468 e. The Bertz CT molecular complexity index is 824. The van der Waals surface area contributed by atoms with Gasteiger partial charge in [0, 0.05) is 32.5 Å². The average Bonchev–Trinajstić information content (AvgIpc) is 3.42. The van der Waals surface area contributed by atoms with Crippen molar-refractivity contribution >= 4 is 5.96 Å². The molecule has 2 aliphatic rings. The van der Waals surface area contributed by atoms with Gasteiger partial charge in [0.05, 0.1) is 18.8 Å². The average molecular weight is 442 g/mol. The summed E-state index contributed by atoms with van der Waals surface area (Å²) in [5.41, 5.74) is 0. The lowest BCUT2D eigenvalue weighted by atomic mass is 10.1. The van der Waals surface area contributed by atoms with E-state index >= 15 is 0 Å². The Hall–Kier alpha value is -2.35. The van der Waals surface area contributed by atoms with E-state index in [9.17, 15) is 0 Å². The first-order chi connectivity index (χ1) is 15.8. The number of guanidine groups is 1. The molecule has 8 nitrogen and oxygen atoms in total. The van der Waals surface area contributed by atoms with Crippen LogP contribution in [0.4, 0.5) is 0 Å². The van der Waals surface area contributed by atoms with Gasteiger partial charge in [-0.3, -0.25) is 9.89 Å². The van der Waals surface area contributed by atoms with Crippen LogP contribution in [0.5, 0.6) is 0 Å². The van der Waals surface area contributed by atoms with Crippen LogP contribution in [-0.2, 0) is 19.4 Å². The molecule has 2 aliphatic heterocycles. The summed E-state index contributed by atoms with van der Waals surface area (Å²) in [6.07, 6.45) is 12.4. The Morgan fingerprint density at radius 3 is 2.75 bits per heavy atom. The van der Waals surface area contributed by atoms with Gasteiger partial charge >= 0.3 is 0 Å². The van der Waals surface area contributed by atoms with Crippen molar-refractivity contribution in [3.05, 3.63) is 35.8 Å². The van der Waals surface area contributed by atoms with Crippen LogP contribution < -0.4 is 10.6 Å². The Morgan fingerprint density at radius 1 is 1.09 bits per heavy atom. The maximum atomic E-state index is 5.77. The van der Waals surface area contributed by atoms with Crippen LogP contribution in [0.2, 0.25) is 0 Å². The van der Waals surface area contributed by atoms with Gasteiger partial charge < -0.3 is 19.6 Å². The number of nitrogens with zero attached hydrogens (tertiary/aromatic N) is 5. The minimum absolute atomic E-state index is 0.201. The summed E-state index contributed by atoms with van der Waals surface area (Å²) in [7, 11) is 0. The topological polar surface area (TPSA) is 83.5 Å². The molecule has 1 saturated heterocycles. The molecule has 0 aliphatic carbocycles. The second-order valence-corrected chi connectivity index (χ2v) is 8.87. The molecule has 0 saturated carbocycles. The summed E-state index contributed by atoms with van der Waals surface area (Å²) in [6, 6.07) is 4.26. The van der Waals surface area contributed by atoms with Crippen LogP contribution in [0.1, 0.15) is 75.3 Å². The van der Waals surface area contributed by atoms with E-state index in [4.69, 9.17) is 9.41 Å². The highest BCUT2D eigenvalue weighted by Crippen LogP contribution is 2.25. The van der Waals surface area contributed by atoms with Crippen molar-refractivity contribution in [3.63, 3.8) is 0 Å². The van der Waals surface area contributed by atoms with Gasteiger partial charge in [-0.05, 0) is 64.3 Å². The number of furan rings is 1. The number of aromatic nitrogens is 3. The molecule has 2 N–H and O–H groups in total. The van der Waals surface area contributed by atoms with Gasteiger partial charge in [0.2, 0.25) is 0 Å². The Labute approximate surface area is 191 Å². The Kier molecular flexibility index (Phi) is 8.59. The fourth-order valence-electron chi connectivity index (χ4n) is 4.80. The van der Waals surface area contributed by atoms with Gasteiger partial charge in [-0.1, -0.05) is 12.8 Å². The van der Waals surface area contributed by atoms with E-state index in [0.29, 0.717) is 6.54 Å². The normalized spacial score (nSPS) is 18.7. The van der Waals surface area contributed by atoms with Gasteiger partial charge in [-0.25, -0.2) is 0 Å². The zero-order valence-corrected chi connectivity index (χ0v) is 19.6. The van der Waals surface area contributed by atoms with Crippen molar-refractivity contribution in [2.75, 3.05) is 32.7 Å². The molecule has 176 valence electrons. The van der Waals surface area contributed by atoms with Crippen molar-refractivity contribution in [3.8, 4) is 0 Å². The molecule has 0 amide bonds. The monoisotopic (exact) mass is 441 g/mol. The summed E-state index contributed by atoms with van der Waals surface area (Å²) in [5, 5.41) is 15.8. The van der Waals surface area contributed by atoms with Gasteiger partial charge in [0.15, 0.2) is 5.96 Å². The highest BCUT2D eigenvalue weighted by molar-refractivity contribution is 5.79. The highest BCUT2D eigenvalue weighted by atomic mass is 16.3. The first kappa shape index (κ1) is 22.8. The van der Waals surface area contributed by atoms with Crippen LogP contribution in [0.3, 0.4) is 0 Å². The van der Waals surface area contributed by atoms with Crippen molar-refractivity contribution in [1.29, 1.82) is 0 Å². The van der Waals surface area contributed by atoms with Crippen molar-refractivity contribution < 1.29 is 4.42 Å². The molecule has 1 unspecified atom stereocenters. The largest absolute Gasteiger partial charge is 0.468 e. The molecule has 2 aromatic rings. The van der Waals surface area contributed by atoms with Crippen molar-refractivity contribution in [2.24, 2.45) is 4.99 Å². The molecule has 0 aromatic carbocycles. The van der Waals surface area contributed by atoms with Gasteiger partial charge in [0.25, 0.3) is 0 Å². The van der Waals surface area contributed by atoms with E-state index < -0.39 is 0 Å². The summed E-state index contributed by atoms with van der Waals surface area (Å²) in [5.74, 6) is 4.19. The second kappa shape index (κ2) is 12.0. The first-order valence-corrected chi connectivity index (χ1v) is 12.6. The standard InChI is InChI=1S/C24H39N7O/c1-2-25-24(26-14-9-13-23-29-28-22-12-5-3-8-17-31(22)23)27-19-20(21-11-10-18-32-21)30-15-6-4-7-16-30/h10-11,18,20H,2-9,12-17,19H2,1H3,(H2,25,26,27). The molecular weight excluding hydrogens is 402 g/mol. The van der Waals surface area contributed by atoms with E-state index in [-0.39, 0.29) is 6.04 Å². The lowest BCUT2D eigenvalue weighted by Gasteiger charge is -2.32. The minimum atomic E-state index is 0.201. The molecule has 0 spiro atoms. The van der Waals surface area contributed by atoms with Crippen LogP contribution in [0.25, 0.3) is 0 Å². The van der Waals surface area contributed by atoms with Crippen LogP contribution in [0.15, 0.2) is 27.8 Å². The Balaban J connectivity index is 1.31. The number of aryl methyl sites for hydroxylation is 2. The number of aliphatic imine (C=N–C) groups is 1. The van der Waals surface area contributed by atoms with E-state index in [1.807, 2.05) is 6.07 Å². The van der Waals surface area contributed by atoms with Crippen LogP contribution in [0, 0.1) is 0 Å². The van der Waals surface area contributed by atoms with Gasteiger partial charge in [-0.15, -0.1) is 10.2 Å². The molecule has 1 atom stereocenters. The maximum Gasteiger partial charge on any atom is 0.191 e. The lowest BCUT2D eigenvalue weighted by Crippen LogP contribution is -2.40. The third-order valence-corrected chi connectivity index (χ3v) is 6.53. The number of piperidine rings is 1. The predicted octanol–water partition coefficient (Wildman–Crippen LogP) is 3.31. The van der Waals surface area contributed by atoms with E-state index in [1.165, 1.54) is 44.3 Å². The fourth-order valence-corrected chi connectivity index (χ4v) is 4.80. The van der Waals surface area contributed by atoms with Crippen molar-refractivity contribution in [2.45, 2.75) is 77.3 Å². The number of nitrogens with one attached hydrogen (secondary N) is 2. The summed E-state index contributed by atoms with van der Waals surface area (Å²) in [4.78, 5) is 7.44. The van der Waals surface area contributed by atoms with Gasteiger partial charge in [0.1, 0.15) is 17.4 Å². The molecule has 1 fully saturated rings. The number of hydrogen-bond acceptors (Lipinski definition) is 5. The third kappa shape index (κ3) is 6.12. The third-order valence-electron chi connectivity index (χ3n) is 6.53. The van der Waals surface area contributed by atoms with Gasteiger partial charge in [-0.2, -0.15) is 0 Å². The first-order valence-electron chi connectivity index (χ1n) is 12.6. The van der Waals surface area contributed by atoms with E-state index in [0.717, 1.165) is 69.5 Å². The maximum absolute atomic E-state index is 5.77. The smallest absolute Gasteiger partial charge is 0.191 e. The predicted molar refractivity (Wildman–Crippen MR) is 127 cm³/mol. The summed E-state index contributed by atoms with van der Waals surface area (Å²) < 4.78 is 8.11. The lowest BCUT2D eigenvalue weighted by molar-refractivity contribution is 0.150. The van der Waals surface area contributed by atoms with Crippen LogP contribution >= 0.6 is 0 Å². The quantitative estimate of drug-likeness (QED) is 0.353. The summed E-state index contributed by atoms with van der Waals surface area (Å²) >= 11 is 0. The number of likely N-dealkylation sites (tertiary alicyclic amines) is 1. The van der Waals surface area contributed by atoms with E-state index in [1.54, 1.807) is 6.26 Å². The zero-order valence-electron chi connectivity index (χ0n) is 19.6. The molecule has 0 radical (unpaired) electrons. The number of fused-ring (bicyclic) bond motifs is 1. The molecule has 4 rings (SSSR count). The highest BCUT2D eigenvalue weighted by Gasteiger charge is 2.24.